The van der Waals surface area contributed by atoms with Crippen molar-refractivity contribution in [2.45, 2.75) is 90.6 Å². The number of carboxylic acid groups (broad SMARTS) is 1. The van der Waals surface area contributed by atoms with Gasteiger partial charge in [-0.15, -0.1) is 0 Å². The Morgan fingerprint density at radius 1 is 1.03 bits per heavy atom. The van der Waals surface area contributed by atoms with Crippen LogP contribution in [0.15, 0.2) is 54.1 Å². The Hall–Kier alpha value is -2.55. The van der Waals surface area contributed by atoms with E-state index in [9.17, 15) is 9.90 Å². The van der Waals surface area contributed by atoms with E-state index in [1.165, 1.54) is 35.1 Å². The molecule has 0 heterocycles. The molecule has 0 aliphatic heterocycles. The molecule has 172 valence electrons. The Bertz CT molecular complexity index is 980. The van der Waals surface area contributed by atoms with Gasteiger partial charge in [0.15, 0.2) is 0 Å². The number of ether oxygens (including phenoxy) is 1. The topological polar surface area (TPSA) is 46.5 Å². The fraction of sp³-hybridized carbons (Fsp3) is 0.483. The molecule has 1 N–H and O–H groups in total. The number of aliphatic carboxylic acids is 1. The highest BCUT2D eigenvalue weighted by atomic mass is 16.5. The molecule has 0 spiro atoms. The van der Waals surface area contributed by atoms with Crippen molar-refractivity contribution in [3.63, 3.8) is 0 Å². The number of benzene rings is 2. The first-order valence-electron chi connectivity index (χ1n) is 11.8. The van der Waals surface area contributed by atoms with E-state index in [0.717, 1.165) is 17.7 Å². The third kappa shape index (κ3) is 5.62. The van der Waals surface area contributed by atoms with Crippen molar-refractivity contribution in [2.75, 3.05) is 0 Å². The van der Waals surface area contributed by atoms with Gasteiger partial charge in [-0.05, 0) is 71.4 Å². The van der Waals surface area contributed by atoms with Crippen LogP contribution in [-0.4, -0.2) is 11.1 Å². The molecular weight excluding hydrogens is 396 g/mol. The molecule has 3 nitrogen and oxygen atoms in total. The zero-order valence-corrected chi connectivity index (χ0v) is 20.5. The average molecular weight is 435 g/mol. The molecule has 1 unspecified atom stereocenters. The minimum atomic E-state index is -0.783. The summed E-state index contributed by atoms with van der Waals surface area (Å²) < 4.78 is 6.09. The lowest BCUT2D eigenvalue weighted by Crippen LogP contribution is -2.33. The second-order valence-electron chi connectivity index (χ2n) is 10.6. The van der Waals surface area contributed by atoms with Gasteiger partial charge in [0.1, 0.15) is 12.4 Å². The van der Waals surface area contributed by atoms with Crippen molar-refractivity contribution in [1.82, 2.24) is 0 Å². The summed E-state index contributed by atoms with van der Waals surface area (Å²) in [5, 5.41) is 9.30. The van der Waals surface area contributed by atoms with Crippen molar-refractivity contribution in [2.24, 2.45) is 0 Å². The SMILES string of the molecule is CC/C(C)=C/C(CC(=O)O)c1ccc(OCc2ccc3c(c2)C(C)(C)CCC3(C)C)cc1. The minimum absolute atomic E-state index is 0.0960. The number of allylic oxidation sites excluding steroid dienone is 2. The van der Waals surface area contributed by atoms with Gasteiger partial charge in [-0.3, -0.25) is 4.79 Å². The quantitative estimate of drug-likeness (QED) is 0.437. The van der Waals surface area contributed by atoms with Gasteiger partial charge in [-0.1, -0.05) is 76.6 Å². The van der Waals surface area contributed by atoms with E-state index >= 15 is 0 Å². The molecule has 0 radical (unpaired) electrons. The molecule has 3 heteroatoms. The molecule has 1 atom stereocenters. The lowest BCUT2D eigenvalue weighted by atomic mass is 9.63. The van der Waals surface area contributed by atoms with Crippen LogP contribution >= 0.6 is 0 Å². The number of carboxylic acids is 1. The van der Waals surface area contributed by atoms with Crippen molar-refractivity contribution >= 4 is 5.97 Å². The zero-order chi connectivity index (χ0) is 23.5. The van der Waals surface area contributed by atoms with Gasteiger partial charge in [0.25, 0.3) is 0 Å². The summed E-state index contributed by atoms with van der Waals surface area (Å²) >= 11 is 0. The van der Waals surface area contributed by atoms with Crippen LogP contribution in [0.2, 0.25) is 0 Å². The lowest BCUT2D eigenvalue weighted by molar-refractivity contribution is -0.137. The highest BCUT2D eigenvalue weighted by Gasteiger charge is 2.36. The molecule has 0 fully saturated rings. The van der Waals surface area contributed by atoms with Crippen LogP contribution in [0.1, 0.15) is 95.4 Å². The van der Waals surface area contributed by atoms with Crippen LogP contribution in [0.5, 0.6) is 5.75 Å². The van der Waals surface area contributed by atoms with E-state index in [1.54, 1.807) is 0 Å². The number of hydrogen-bond donors (Lipinski definition) is 1. The van der Waals surface area contributed by atoms with Crippen molar-refractivity contribution in [3.05, 3.63) is 76.4 Å². The van der Waals surface area contributed by atoms with E-state index in [1.807, 2.05) is 31.2 Å². The maximum Gasteiger partial charge on any atom is 0.304 e. The molecule has 0 aromatic heterocycles. The summed E-state index contributed by atoms with van der Waals surface area (Å²) in [6, 6.07) is 14.7. The van der Waals surface area contributed by atoms with E-state index < -0.39 is 5.97 Å². The third-order valence-corrected chi connectivity index (χ3v) is 7.07. The summed E-state index contributed by atoms with van der Waals surface area (Å²) in [7, 11) is 0. The fourth-order valence-corrected chi connectivity index (χ4v) is 4.63. The van der Waals surface area contributed by atoms with Crippen LogP contribution < -0.4 is 4.74 Å². The van der Waals surface area contributed by atoms with E-state index in [0.29, 0.717) is 6.61 Å². The van der Waals surface area contributed by atoms with Gasteiger partial charge in [0, 0.05) is 5.92 Å². The maximum absolute atomic E-state index is 11.3. The molecule has 0 saturated carbocycles. The van der Waals surface area contributed by atoms with Gasteiger partial charge in [-0.2, -0.15) is 0 Å². The number of rotatable bonds is 8. The fourth-order valence-electron chi connectivity index (χ4n) is 4.63. The van der Waals surface area contributed by atoms with Crippen molar-refractivity contribution in [1.29, 1.82) is 0 Å². The summed E-state index contributed by atoms with van der Waals surface area (Å²) in [6.07, 6.45) is 5.50. The van der Waals surface area contributed by atoms with E-state index in [2.05, 4.69) is 58.9 Å². The van der Waals surface area contributed by atoms with Gasteiger partial charge < -0.3 is 9.84 Å². The Kier molecular flexibility index (Phi) is 7.17. The summed E-state index contributed by atoms with van der Waals surface area (Å²) in [6.45, 7) is 14.0. The van der Waals surface area contributed by atoms with Crippen molar-refractivity contribution in [3.8, 4) is 5.75 Å². The van der Waals surface area contributed by atoms with E-state index in [4.69, 9.17) is 4.74 Å². The van der Waals surface area contributed by atoms with E-state index in [-0.39, 0.29) is 23.2 Å². The van der Waals surface area contributed by atoms with Gasteiger partial charge in [0.05, 0.1) is 6.42 Å². The normalized spacial score (nSPS) is 18.0. The molecule has 1 aliphatic rings. The largest absolute Gasteiger partial charge is 0.489 e. The Balaban J connectivity index is 1.73. The standard InChI is InChI=1S/C29H38O3/c1-7-20(2)16-23(18-27(30)31)22-9-11-24(12-10-22)32-19-21-8-13-25-26(17-21)29(5,6)15-14-28(25,3)4/h8-13,16-17,23H,7,14-15,18-19H2,1-6H3,(H,30,31)/b20-16+. The summed E-state index contributed by atoms with van der Waals surface area (Å²) in [5.74, 6) is -0.0990. The third-order valence-electron chi connectivity index (χ3n) is 7.07. The molecule has 0 saturated heterocycles. The van der Waals surface area contributed by atoms with Crippen LogP contribution in [0.4, 0.5) is 0 Å². The van der Waals surface area contributed by atoms with Gasteiger partial charge >= 0.3 is 5.97 Å². The highest BCUT2D eigenvalue weighted by molar-refractivity contribution is 5.68. The second-order valence-corrected chi connectivity index (χ2v) is 10.6. The molecule has 0 bridgehead atoms. The van der Waals surface area contributed by atoms with Gasteiger partial charge in [-0.25, -0.2) is 0 Å². The van der Waals surface area contributed by atoms with Crippen LogP contribution in [-0.2, 0) is 22.2 Å². The first-order chi connectivity index (χ1) is 15.0. The predicted molar refractivity (Wildman–Crippen MR) is 132 cm³/mol. The molecule has 3 rings (SSSR count). The number of fused-ring (bicyclic) bond motifs is 1. The first-order valence-corrected chi connectivity index (χ1v) is 11.8. The van der Waals surface area contributed by atoms with Gasteiger partial charge in [0.2, 0.25) is 0 Å². The Morgan fingerprint density at radius 3 is 2.25 bits per heavy atom. The Morgan fingerprint density at radius 2 is 1.66 bits per heavy atom. The average Bonchev–Trinajstić information content (AvgIpc) is 2.75. The smallest absolute Gasteiger partial charge is 0.304 e. The number of hydrogen-bond acceptors (Lipinski definition) is 2. The molecule has 2 aromatic carbocycles. The highest BCUT2D eigenvalue weighted by Crippen LogP contribution is 2.46. The predicted octanol–water partition coefficient (Wildman–Crippen LogP) is 7.53. The van der Waals surface area contributed by atoms with Crippen LogP contribution in [0.25, 0.3) is 0 Å². The van der Waals surface area contributed by atoms with Crippen LogP contribution in [0, 0.1) is 0 Å². The summed E-state index contributed by atoms with van der Waals surface area (Å²) in [5.41, 5.74) is 6.70. The maximum atomic E-state index is 11.3. The lowest BCUT2D eigenvalue weighted by Gasteiger charge is -2.42. The van der Waals surface area contributed by atoms with Crippen LogP contribution in [0.3, 0.4) is 0 Å². The molecule has 2 aromatic rings. The first kappa shape index (κ1) is 24.1. The molecule has 0 amide bonds. The molecule has 1 aliphatic carbocycles. The zero-order valence-electron chi connectivity index (χ0n) is 20.5. The van der Waals surface area contributed by atoms with Crippen molar-refractivity contribution < 1.29 is 14.6 Å². The monoisotopic (exact) mass is 434 g/mol. The molecular formula is C29H38O3. The Labute approximate surface area is 193 Å². The summed E-state index contributed by atoms with van der Waals surface area (Å²) in [4.78, 5) is 11.3. The molecule has 32 heavy (non-hydrogen) atoms. The second kappa shape index (κ2) is 9.52. The number of carbonyl (C=O) groups is 1. The minimum Gasteiger partial charge on any atom is -0.489 e.